The first-order valence-electron chi connectivity index (χ1n) is 7.15. The highest BCUT2D eigenvalue weighted by atomic mass is 15.2. The van der Waals surface area contributed by atoms with Gasteiger partial charge in [0.1, 0.15) is 0 Å². The Hall–Kier alpha value is -0.930. The fourth-order valence-electron chi connectivity index (χ4n) is 2.91. The molecule has 1 aromatic rings. The summed E-state index contributed by atoms with van der Waals surface area (Å²) in [5.74, 6) is 0. The monoisotopic (exact) mass is 245 g/mol. The van der Waals surface area contributed by atoms with Crippen LogP contribution < -0.4 is 5.32 Å². The van der Waals surface area contributed by atoms with Gasteiger partial charge in [0, 0.05) is 24.8 Å². The molecule has 98 valence electrons. The third-order valence-electron chi connectivity index (χ3n) is 4.44. The third-order valence-corrected chi connectivity index (χ3v) is 4.44. The van der Waals surface area contributed by atoms with E-state index < -0.39 is 0 Å². The van der Waals surface area contributed by atoms with Crippen molar-refractivity contribution in [2.24, 2.45) is 0 Å². The van der Waals surface area contributed by atoms with Crippen LogP contribution >= 0.6 is 0 Å². The molecule has 0 bridgehead atoms. The zero-order valence-corrected chi connectivity index (χ0v) is 11.4. The summed E-state index contributed by atoms with van der Waals surface area (Å²) in [6.45, 7) is 3.38. The van der Waals surface area contributed by atoms with Crippen LogP contribution in [0, 0.1) is 0 Å². The number of likely N-dealkylation sites (N-methyl/N-ethyl adjacent to an activating group) is 1. The largest absolute Gasteiger partial charge is 0.307 e. The SMILES string of the molecule is CC(CNC1CCc2cccnc21)N(C)C1CC1. The lowest BCUT2D eigenvalue weighted by Crippen LogP contribution is -2.40. The van der Waals surface area contributed by atoms with Crippen molar-refractivity contribution >= 4 is 0 Å². The molecular formula is C15H23N3. The quantitative estimate of drug-likeness (QED) is 0.861. The Bertz CT molecular complexity index is 414. The van der Waals surface area contributed by atoms with Gasteiger partial charge in [-0.2, -0.15) is 0 Å². The van der Waals surface area contributed by atoms with Crippen LogP contribution in [-0.2, 0) is 6.42 Å². The second-order valence-corrected chi connectivity index (χ2v) is 5.79. The fourth-order valence-corrected chi connectivity index (χ4v) is 2.91. The number of hydrogen-bond donors (Lipinski definition) is 1. The molecule has 3 nitrogen and oxygen atoms in total. The Morgan fingerprint density at radius 2 is 2.28 bits per heavy atom. The Morgan fingerprint density at radius 3 is 3.06 bits per heavy atom. The van der Waals surface area contributed by atoms with E-state index >= 15 is 0 Å². The first-order chi connectivity index (χ1) is 8.75. The highest BCUT2D eigenvalue weighted by Gasteiger charge is 2.30. The summed E-state index contributed by atoms with van der Waals surface area (Å²) in [5.41, 5.74) is 2.71. The van der Waals surface area contributed by atoms with Crippen molar-refractivity contribution in [1.82, 2.24) is 15.2 Å². The molecular weight excluding hydrogens is 222 g/mol. The maximum absolute atomic E-state index is 4.53. The molecule has 1 saturated carbocycles. The van der Waals surface area contributed by atoms with Crippen molar-refractivity contribution in [2.45, 2.75) is 50.7 Å². The summed E-state index contributed by atoms with van der Waals surface area (Å²) in [6.07, 6.45) is 7.06. The summed E-state index contributed by atoms with van der Waals surface area (Å²) in [4.78, 5) is 7.05. The van der Waals surface area contributed by atoms with Gasteiger partial charge in [0.05, 0.1) is 11.7 Å². The first kappa shape index (κ1) is 12.1. The molecule has 2 aliphatic carbocycles. The van der Waals surface area contributed by atoms with Crippen LogP contribution in [-0.4, -0.2) is 35.6 Å². The van der Waals surface area contributed by atoms with Crippen LogP contribution in [0.25, 0.3) is 0 Å². The number of aryl methyl sites for hydroxylation is 1. The van der Waals surface area contributed by atoms with Gasteiger partial charge in [-0.15, -0.1) is 0 Å². The number of rotatable bonds is 5. The number of nitrogens with one attached hydrogen (secondary N) is 1. The molecule has 1 N–H and O–H groups in total. The summed E-state index contributed by atoms with van der Waals surface area (Å²) < 4.78 is 0. The van der Waals surface area contributed by atoms with Crippen molar-refractivity contribution in [1.29, 1.82) is 0 Å². The van der Waals surface area contributed by atoms with Crippen LogP contribution in [0.3, 0.4) is 0 Å². The molecule has 2 aliphatic rings. The average Bonchev–Trinajstić information content (AvgIpc) is 3.16. The fraction of sp³-hybridized carbons (Fsp3) is 0.667. The topological polar surface area (TPSA) is 28.2 Å². The number of nitrogens with zero attached hydrogens (tertiary/aromatic N) is 2. The summed E-state index contributed by atoms with van der Waals surface area (Å²) in [7, 11) is 2.25. The van der Waals surface area contributed by atoms with Gasteiger partial charge in [0.2, 0.25) is 0 Å². The molecule has 0 spiro atoms. The normalized spacial score (nSPS) is 24.3. The molecule has 3 rings (SSSR count). The predicted molar refractivity (Wildman–Crippen MR) is 73.5 cm³/mol. The Balaban J connectivity index is 1.55. The number of aromatic nitrogens is 1. The lowest BCUT2D eigenvalue weighted by atomic mass is 10.2. The lowest BCUT2D eigenvalue weighted by Gasteiger charge is -2.26. The zero-order valence-electron chi connectivity index (χ0n) is 11.4. The minimum absolute atomic E-state index is 0.469. The van der Waals surface area contributed by atoms with Crippen molar-refractivity contribution in [3.63, 3.8) is 0 Å². The Labute approximate surface area is 110 Å². The van der Waals surface area contributed by atoms with Crippen LogP contribution in [0.1, 0.15) is 43.5 Å². The predicted octanol–water partition coefficient (Wildman–Crippen LogP) is 2.14. The summed E-state index contributed by atoms with van der Waals surface area (Å²) in [6, 6.07) is 6.19. The van der Waals surface area contributed by atoms with E-state index in [1.807, 2.05) is 12.3 Å². The van der Waals surface area contributed by atoms with E-state index in [2.05, 4.69) is 35.2 Å². The number of hydrogen-bond acceptors (Lipinski definition) is 3. The maximum atomic E-state index is 4.53. The number of pyridine rings is 1. The minimum Gasteiger partial charge on any atom is -0.307 e. The second-order valence-electron chi connectivity index (χ2n) is 5.79. The minimum atomic E-state index is 0.469. The molecule has 18 heavy (non-hydrogen) atoms. The Kier molecular flexibility index (Phi) is 3.35. The standard InChI is InChI=1S/C15H23N3/c1-11(18(2)13-6-7-13)10-17-14-8-5-12-4-3-9-16-15(12)14/h3-4,9,11,13-14,17H,5-8,10H2,1-2H3. The molecule has 0 radical (unpaired) electrons. The van der Waals surface area contributed by atoms with Crippen LogP contribution in [0.5, 0.6) is 0 Å². The zero-order chi connectivity index (χ0) is 12.5. The highest BCUT2D eigenvalue weighted by Crippen LogP contribution is 2.30. The number of fused-ring (bicyclic) bond motifs is 1. The Morgan fingerprint density at radius 1 is 1.44 bits per heavy atom. The molecule has 1 fully saturated rings. The van der Waals surface area contributed by atoms with Crippen molar-refractivity contribution in [3.05, 3.63) is 29.6 Å². The van der Waals surface area contributed by atoms with Crippen molar-refractivity contribution in [2.75, 3.05) is 13.6 Å². The van der Waals surface area contributed by atoms with Gasteiger partial charge in [-0.25, -0.2) is 0 Å². The van der Waals surface area contributed by atoms with Crippen molar-refractivity contribution in [3.8, 4) is 0 Å². The van der Waals surface area contributed by atoms with Gasteiger partial charge in [-0.3, -0.25) is 9.88 Å². The van der Waals surface area contributed by atoms with E-state index in [-0.39, 0.29) is 0 Å². The van der Waals surface area contributed by atoms with E-state index in [0.717, 1.165) is 12.6 Å². The molecule has 0 aliphatic heterocycles. The summed E-state index contributed by atoms with van der Waals surface area (Å²) >= 11 is 0. The third kappa shape index (κ3) is 2.43. The van der Waals surface area contributed by atoms with E-state index in [0.29, 0.717) is 12.1 Å². The van der Waals surface area contributed by atoms with Crippen LogP contribution in [0.2, 0.25) is 0 Å². The van der Waals surface area contributed by atoms with Gasteiger partial charge in [0.25, 0.3) is 0 Å². The highest BCUT2D eigenvalue weighted by molar-refractivity contribution is 5.27. The van der Waals surface area contributed by atoms with E-state index in [9.17, 15) is 0 Å². The molecule has 0 amide bonds. The molecule has 1 aromatic heterocycles. The molecule has 0 saturated heterocycles. The van der Waals surface area contributed by atoms with E-state index in [4.69, 9.17) is 0 Å². The molecule has 1 heterocycles. The van der Waals surface area contributed by atoms with E-state index in [1.165, 1.54) is 36.9 Å². The first-order valence-corrected chi connectivity index (χ1v) is 7.15. The van der Waals surface area contributed by atoms with Crippen molar-refractivity contribution < 1.29 is 0 Å². The maximum Gasteiger partial charge on any atom is 0.0605 e. The van der Waals surface area contributed by atoms with Gasteiger partial charge in [-0.05, 0) is 51.3 Å². The second kappa shape index (κ2) is 4.98. The average molecular weight is 245 g/mol. The van der Waals surface area contributed by atoms with Gasteiger partial charge < -0.3 is 5.32 Å². The van der Waals surface area contributed by atoms with Crippen LogP contribution in [0.15, 0.2) is 18.3 Å². The summed E-state index contributed by atoms with van der Waals surface area (Å²) in [5, 5.41) is 3.70. The molecule has 2 atom stereocenters. The van der Waals surface area contributed by atoms with Gasteiger partial charge in [-0.1, -0.05) is 6.07 Å². The molecule has 3 heteroatoms. The smallest absolute Gasteiger partial charge is 0.0605 e. The van der Waals surface area contributed by atoms with E-state index in [1.54, 1.807) is 0 Å². The van der Waals surface area contributed by atoms with Gasteiger partial charge >= 0.3 is 0 Å². The molecule has 0 aromatic carbocycles. The lowest BCUT2D eigenvalue weighted by molar-refractivity contribution is 0.235. The van der Waals surface area contributed by atoms with Crippen LogP contribution in [0.4, 0.5) is 0 Å². The molecule has 2 unspecified atom stereocenters. The van der Waals surface area contributed by atoms with Gasteiger partial charge in [0.15, 0.2) is 0 Å².